The molecule has 0 aromatic heterocycles. The predicted octanol–water partition coefficient (Wildman–Crippen LogP) is 2.30. The first-order chi connectivity index (χ1) is 8.18. The lowest BCUT2D eigenvalue weighted by Gasteiger charge is -2.52. The van der Waals surface area contributed by atoms with E-state index in [9.17, 15) is 5.11 Å². The van der Waals surface area contributed by atoms with Crippen LogP contribution in [0.2, 0.25) is 0 Å². The molecule has 0 amide bonds. The lowest BCUT2D eigenvalue weighted by Crippen LogP contribution is -2.58. The van der Waals surface area contributed by atoms with Gasteiger partial charge in [-0.2, -0.15) is 0 Å². The first-order valence-electron chi connectivity index (χ1n) is 7.60. The molecule has 4 bridgehead atoms. The van der Waals surface area contributed by atoms with E-state index in [2.05, 4.69) is 0 Å². The summed E-state index contributed by atoms with van der Waals surface area (Å²) in [6.07, 6.45) is 10.3. The van der Waals surface area contributed by atoms with E-state index in [1.54, 1.807) is 0 Å². The van der Waals surface area contributed by atoms with Crippen molar-refractivity contribution in [2.45, 2.75) is 57.0 Å². The van der Waals surface area contributed by atoms with Gasteiger partial charge in [-0.3, -0.25) is 0 Å². The largest absolute Gasteiger partial charge is 0.389 e. The minimum atomic E-state index is -0.384. The van der Waals surface area contributed by atoms with Gasteiger partial charge in [0.15, 0.2) is 0 Å². The molecule has 0 radical (unpaired) electrons. The highest BCUT2D eigenvalue weighted by atomic mass is 16.3. The zero-order valence-electron chi connectivity index (χ0n) is 10.7. The van der Waals surface area contributed by atoms with Crippen LogP contribution in [0.4, 0.5) is 0 Å². The molecular formula is C15H25NO. The van der Waals surface area contributed by atoms with Gasteiger partial charge < -0.3 is 10.8 Å². The minimum Gasteiger partial charge on any atom is -0.389 e. The van der Waals surface area contributed by atoms with Gasteiger partial charge in [0.1, 0.15) is 0 Å². The Balaban J connectivity index is 1.72. The SMILES string of the molecule is NCC1(C2(O)CC3CCC2C3)CC2CCC1C2. The number of rotatable bonds is 2. The quantitative estimate of drug-likeness (QED) is 0.771. The van der Waals surface area contributed by atoms with Crippen molar-refractivity contribution in [1.29, 1.82) is 0 Å². The number of hydrogen-bond donors (Lipinski definition) is 2. The summed E-state index contributed by atoms with van der Waals surface area (Å²) in [5.41, 5.74) is 5.91. The van der Waals surface area contributed by atoms with Gasteiger partial charge in [0, 0.05) is 12.0 Å². The summed E-state index contributed by atoms with van der Waals surface area (Å²) in [6, 6.07) is 0. The molecule has 3 N–H and O–H groups in total. The average molecular weight is 235 g/mol. The maximum atomic E-state index is 11.4. The fourth-order valence-corrected chi connectivity index (χ4v) is 6.31. The maximum Gasteiger partial charge on any atom is 0.0749 e. The van der Waals surface area contributed by atoms with Gasteiger partial charge in [-0.15, -0.1) is 0 Å². The predicted molar refractivity (Wildman–Crippen MR) is 67.3 cm³/mol. The third kappa shape index (κ3) is 1.14. The Morgan fingerprint density at radius 2 is 1.59 bits per heavy atom. The van der Waals surface area contributed by atoms with E-state index < -0.39 is 0 Å². The maximum absolute atomic E-state index is 11.4. The lowest BCUT2D eigenvalue weighted by atomic mass is 9.57. The molecule has 4 fully saturated rings. The number of nitrogens with two attached hydrogens (primary N) is 1. The third-order valence-electron chi connectivity index (χ3n) is 7.02. The van der Waals surface area contributed by atoms with Gasteiger partial charge in [0.05, 0.1) is 5.60 Å². The van der Waals surface area contributed by atoms with Gasteiger partial charge in [-0.05, 0) is 68.6 Å². The molecule has 4 aliphatic carbocycles. The summed E-state index contributed by atoms with van der Waals surface area (Å²) in [6.45, 7) is 0.730. The van der Waals surface area contributed by atoms with E-state index in [1.165, 1.54) is 44.9 Å². The van der Waals surface area contributed by atoms with Crippen LogP contribution in [0.3, 0.4) is 0 Å². The first kappa shape index (κ1) is 10.8. The molecule has 6 atom stereocenters. The van der Waals surface area contributed by atoms with Gasteiger partial charge in [0.25, 0.3) is 0 Å². The van der Waals surface area contributed by atoms with Crippen molar-refractivity contribution in [1.82, 2.24) is 0 Å². The third-order valence-corrected chi connectivity index (χ3v) is 7.02. The monoisotopic (exact) mass is 235 g/mol. The van der Waals surface area contributed by atoms with Gasteiger partial charge in [0.2, 0.25) is 0 Å². The van der Waals surface area contributed by atoms with E-state index >= 15 is 0 Å². The second-order valence-electron chi connectivity index (χ2n) is 7.44. The Kier molecular flexibility index (Phi) is 2.08. The molecule has 4 saturated carbocycles. The molecule has 96 valence electrons. The molecule has 2 heteroatoms. The number of hydrogen-bond acceptors (Lipinski definition) is 2. The van der Waals surface area contributed by atoms with Crippen LogP contribution in [0.1, 0.15) is 51.4 Å². The summed E-state index contributed by atoms with van der Waals surface area (Å²) < 4.78 is 0. The van der Waals surface area contributed by atoms with E-state index in [0.717, 1.165) is 30.7 Å². The molecule has 17 heavy (non-hydrogen) atoms. The highest BCUT2D eigenvalue weighted by Crippen LogP contribution is 2.67. The van der Waals surface area contributed by atoms with Crippen LogP contribution < -0.4 is 5.73 Å². The van der Waals surface area contributed by atoms with Crippen LogP contribution >= 0.6 is 0 Å². The Hall–Kier alpha value is -0.0800. The van der Waals surface area contributed by atoms with Gasteiger partial charge in [-0.25, -0.2) is 0 Å². The molecule has 2 nitrogen and oxygen atoms in total. The molecule has 0 spiro atoms. The van der Waals surface area contributed by atoms with Crippen LogP contribution in [-0.4, -0.2) is 17.3 Å². The van der Waals surface area contributed by atoms with Crippen LogP contribution in [-0.2, 0) is 0 Å². The molecular weight excluding hydrogens is 210 g/mol. The van der Waals surface area contributed by atoms with Crippen molar-refractivity contribution in [3.05, 3.63) is 0 Å². The van der Waals surface area contributed by atoms with Crippen molar-refractivity contribution in [2.24, 2.45) is 34.8 Å². The first-order valence-corrected chi connectivity index (χ1v) is 7.60. The fourth-order valence-electron chi connectivity index (χ4n) is 6.31. The van der Waals surface area contributed by atoms with E-state index in [0.29, 0.717) is 5.92 Å². The average Bonchev–Trinajstić information content (AvgIpc) is 3.06. The lowest BCUT2D eigenvalue weighted by molar-refractivity contribution is -0.143. The smallest absolute Gasteiger partial charge is 0.0749 e. The normalized spacial score (nSPS) is 60.4. The summed E-state index contributed by atoms with van der Waals surface area (Å²) in [4.78, 5) is 0. The number of fused-ring (bicyclic) bond motifs is 4. The van der Waals surface area contributed by atoms with E-state index in [-0.39, 0.29) is 11.0 Å². The summed E-state index contributed by atoms with van der Waals surface area (Å²) >= 11 is 0. The molecule has 4 rings (SSSR count). The second-order valence-corrected chi connectivity index (χ2v) is 7.44. The minimum absolute atomic E-state index is 0.107. The van der Waals surface area contributed by atoms with Crippen LogP contribution in [0.25, 0.3) is 0 Å². The standard InChI is InChI=1S/C15H25NO/c16-9-14(7-10-1-3-12(14)5-10)15(17)8-11-2-4-13(15)6-11/h10-13,17H,1-9,16H2. The molecule has 0 aliphatic heterocycles. The summed E-state index contributed by atoms with van der Waals surface area (Å²) in [5, 5.41) is 11.4. The number of aliphatic hydroxyl groups is 1. The zero-order valence-corrected chi connectivity index (χ0v) is 10.7. The summed E-state index contributed by atoms with van der Waals surface area (Å²) in [5.74, 6) is 3.01. The van der Waals surface area contributed by atoms with Gasteiger partial charge >= 0.3 is 0 Å². The summed E-state index contributed by atoms with van der Waals surface area (Å²) in [7, 11) is 0. The second kappa shape index (κ2) is 3.27. The molecule has 0 heterocycles. The highest BCUT2D eigenvalue weighted by molar-refractivity contribution is 5.17. The van der Waals surface area contributed by atoms with Crippen molar-refractivity contribution in [3.8, 4) is 0 Å². The Morgan fingerprint density at radius 3 is 2.00 bits per heavy atom. The molecule has 0 aromatic rings. The fraction of sp³-hybridized carbons (Fsp3) is 1.00. The van der Waals surface area contributed by atoms with Crippen molar-refractivity contribution in [2.75, 3.05) is 6.54 Å². The molecule has 4 aliphatic rings. The zero-order chi connectivity index (χ0) is 11.7. The van der Waals surface area contributed by atoms with Crippen LogP contribution in [0.15, 0.2) is 0 Å². The Bertz CT molecular complexity index is 344. The molecule has 0 saturated heterocycles. The molecule has 0 aromatic carbocycles. The highest BCUT2D eigenvalue weighted by Gasteiger charge is 2.66. The van der Waals surface area contributed by atoms with Crippen LogP contribution in [0, 0.1) is 29.1 Å². The Morgan fingerprint density at radius 1 is 0.941 bits per heavy atom. The topological polar surface area (TPSA) is 46.2 Å². The molecule has 6 unspecified atom stereocenters. The van der Waals surface area contributed by atoms with Crippen molar-refractivity contribution < 1.29 is 5.11 Å². The van der Waals surface area contributed by atoms with Gasteiger partial charge in [-0.1, -0.05) is 6.42 Å². The Labute approximate surface area is 104 Å². The van der Waals surface area contributed by atoms with Crippen LogP contribution in [0.5, 0.6) is 0 Å². The van der Waals surface area contributed by atoms with Crippen molar-refractivity contribution >= 4 is 0 Å². The van der Waals surface area contributed by atoms with E-state index in [4.69, 9.17) is 5.73 Å². The van der Waals surface area contributed by atoms with Crippen molar-refractivity contribution in [3.63, 3.8) is 0 Å². The van der Waals surface area contributed by atoms with E-state index in [1.807, 2.05) is 0 Å².